The predicted molar refractivity (Wildman–Crippen MR) is 323 cm³/mol. The highest BCUT2D eigenvalue weighted by molar-refractivity contribution is 6.09. The molecule has 0 spiro atoms. The minimum absolute atomic E-state index is 0.00589. The van der Waals surface area contributed by atoms with Crippen LogP contribution in [0.15, 0.2) is 73.1 Å². The maximum Gasteiger partial charge on any atom is 0.490 e. The van der Waals surface area contributed by atoms with Gasteiger partial charge in [0.2, 0.25) is 11.8 Å². The number of carboxylic acid groups (broad SMARTS) is 2. The number of carbonyl (C=O) groups is 6. The van der Waals surface area contributed by atoms with Gasteiger partial charge in [-0.15, -0.1) is 0 Å². The smallest absolute Gasteiger partial charge is 0.490 e. The van der Waals surface area contributed by atoms with Crippen molar-refractivity contribution in [2.24, 2.45) is 23.1 Å². The molecule has 13 N–H and O–H groups in total. The summed E-state index contributed by atoms with van der Waals surface area (Å²) in [5, 5.41) is 31.6. The van der Waals surface area contributed by atoms with E-state index in [1.165, 1.54) is 12.4 Å². The van der Waals surface area contributed by atoms with Crippen molar-refractivity contribution in [3.05, 3.63) is 106 Å². The molecule has 0 bridgehead atoms. The number of benzene rings is 4. The van der Waals surface area contributed by atoms with E-state index in [0.717, 1.165) is 59.4 Å². The van der Waals surface area contributed by atoms with Gasteiger partial charge in [-0.25, -0.2) is 9.59 Å². The summed E-state index contributed by atoms with van der Waals surface area (Å²) in [6.45, 7) is 19.4. The molecule has 6 aromatic rings. The minimum atomic E-state index is -5.08. The zero-order chi connectivity index (χ0) is 66.3. The topological polar surface area (TPSA) is 344 Å². The monoisotopic (exact) mass is 1250 g/mol. The first kappa shape index (κ1) is 72.3. The van der Waals surface area contributed by atoms with Crippen LogP contribution in [0.5, 0.6) is 23.0 Å². The number of carbonyl (C=O) groups excluding carboxylic acids is 4. The number of alkyl halides is 6. The van der Waals surface area contributed by atoms with Crippen molar-refractivity contribution in [3.63, 3.8) is 0 Å². The number of aromatic nitrogens is 2. The van der Waals surface area contributed by atoms with Gasteiger partial charge in [-0.1, -0.05) is 52.0 Å². The van der Waals surface area contributed by atoms with E-state index in [4.69, 9.17) is 56.0 Å². The number of anilines is 4. The molecule has 89 heavy (non-hydrogen) atoms. The van der Waals surface area contributed by atoms with Gasteiger partial charge in [0.1, 0.15) is 0 Å². The van der Waals surface area contributed by atoms with E-state index < -0.39 is 42.1 Å². The third-order valence-corrected chi connectivity index (χ3v) is 13.3. The first-order valence-electron chi connectivity index (χ1n) is 28.5. The number of fused-ring (bicyclic) bond motifs is 2. The third kappa shape index (κ3) is 20.7. The summed E-state index contributed by atoms with van der Waals surface area (Å²) in [6.07, 6.45) is -3.40. The van der Waals surface area contributed by atoms with Crippen LogP contribution in [0.3, 0.4) is 0 Å². The first-order valence-corrected chi connectivity index (χ1v) is 28.5. The number of aliphatic carboxylic acids is 2. The van der Waals surface area contributed by atoms with Crippen LogP contribution in [-0.2, 0) is 45.1 Å². The summed E-state index contributed by atoms with van der Waals surface area (Å²) < 4.78 is 86.6. The van der Waals surface area contributed by atoms with Crippen molar-refractivity contribution >= 4 is 80.1 Å². The number of amides is 4. The van der Waals surface area contributed by atoms with Crippen LogP contribution in [0.1, 0.15) is 118 Å². The van der Waals surface area contributed by atoms with Gasteiger partial charge in [0.15, 0.2) is 23.0 Å². The Kier molecular flexibility index (Phi) is 27.5. The van der Waals surface area contributed by atoms with E-state index >= 15 is 0 Å². The van der Waals surface area contributed by atoms with Gasteiger partial charge in [-0.3, -0.25) is 29.1 Å². The Morgan fingerprint density at radius 3 is 1.30 bits per heavy atom. The van der Waals surface area contributed by atoms with Crippen molar-refractivity contribution in [1.29, 1.82) is 0 Å². The van der Waals surface area contributed by atoms with Crippen LogP contribution in [-0.4, -0.2) is 113 Å². The molecule has 4 aromatic carbocycles. The number of nitrogens with one attached hydrogen (secondary N) is 5. The summed E-state index contributed by atoms with van der Waals surface area (Å²) in [6, 6.07) is 18.3. The minimum Gasteiger partial charge on any atom is -0.490 e. The van der Waals surface area contributed by atoms with E-state index in [1.807, 2.05) is 83.1 Å². The highest BCUT2D eigenvalue weighted by atomic mass is 19.4. The van der Waals surface area contributed by atoms with Crippen molar-refractivity contribution in [1.82, 2.24) is 25.9 Å². The molecule has 1 fully saturated rings. The average Bonchev–Trinajstić information content (AvgIpc) is 0.860. The lowest BCUT2D eigenvalue weighted by atomic mass is 10.0. The number of halogens is 6. The fourth-order valence-corrected chi connectivity index (χ4v) is 8.83. The highest BCUT2D eigenvalue weighted by Crippen LogP contribution is 2.40. The van der Waals surface area contributed by atoms with Gasteiger partial charge in [0, 0.05) is 59.8 Å². The zero-order valence-corrected chi connectivity index (χ0v) is 50.5. The Hall–Kier alpha value is -9.18. The molecule has 1 aliphatic rings. The molecule has 1 saturated heterocycles. The molecule has 1 aliphatic heterocycles. The van der Waals surface area contributed by atoms with Crippen LogP contribution < -0.4 is 62.7 Å². The normalized spacial score (nSPS) is 12.9. The molecule has 7 rings (SSSR count). The van der Waals surface area contributed by atoms with Gasteiger partial charge >= 0.3 is 24.3 Å². The first-order chi connectivity index (χ1) is 42.0. The molecule has 0 radical (unpaired) electrons. The SMILES string of the molecule is CCOc1cc2ncc(C(N)=O)c(Nc3cccc(CNC(=O)[C@@H](N)CCC(C)C)c3CC)c2cc1OCC.CCOc1cc2ncc(C(N)=O)c(Nc3cccc(CNC(=O)[C@@H]4CCN4)c3CC)c2cc1OCC.O=C(O)C(F)(F)F.O=C(O)C(F)(F)F. The number of hydrogen-bond acceptors (Lipinski definition) is 16. The van der Waals surface area contributed by atoms with E-state index in [2.05, 4.69) is 57.3 Å². The average molecular weight is 1260 g/mol. The number of nitrogens with zero attached hydrogens (tertiary/aromatic N) is 2. The van der Waals surface area contributed by atoms with Crippen molar-refractivity contribution < 1.29 is 84.3 Å². The standard InChI is InChI=1S/C30H41N5O4.C27H33N5O4.2C2HF3O2/c1-6-20-19(16-34-30(37)23(31)13-12-18(4)5)10-9-11-24(20)35-28-21-14-26(38-7-2)27(39-8-3)15-25(21)33-17-22(28)29(32)36;1-4-17-16(14-31-27(34)21-10-11-29-21)8-7-9-20(17)32-25-18-12-23(35-5-2)24(36-6-3)13-22(18)30-15-19(25)26(28)33;2*3-2(4,5)1(6)7/h9-11,14-15,17-18,23H,6-8,12-13,16,31H2,1-5H3,(H2,32,36)(H,33,35)(H,34,37);7-9,12-13,15,21,29H,4-6,10-11,14H2,1-3H3,(H2,28,33)(H,30,32)(H,31,34);2*(H,6,7)/t23-;21-;;/m00../s1. The van der Waals surface area contributed by atoms with E-state index in [9.17, 15) is 45.5 Å². The molecule has 28 heteroatoms. The summed E-state index contributed by atoms with van der Waals surface area (Å²) in [5.74, 6) is -4.09. The lowest BCUT2D eigenvalue weighted by molar-refractivity contribution is -0.193. The van der Waals surface area contributed by atoms with Crippen molar-refractivity contribution in [2.45, 2.75) is 125 Å². The van der Waals surface area contributed by atoms with Crippen molar-refractivity contribution in [2.75, 3.05) is 43.6 Å². The quantitative estimate of drug-likeness (QED) is 0.0238. The summed E-state index contributed by atoms with van der Waals surface area (Å²) in [4.78, 5) is 76.4. The van der Waals surface area contributed by atoms with Gasteiger partial charge < -0.3 is 72.9 Å². The molecular weight excluding hydrogens is 1180 g/mol. The fraction of sp³-hybridized carbons (Fsp3) is 0.410. The van der Waals surface area contributed by atoms with Crippen LogP contribution >= 0.6 is 0 Å². The fourth-order valence-electron chi connectivity index (χ4n) is 8.83. The second kappa shape index (κ2) is 33.8. The lowest BCUT2D eigenvalue weighted by Gasteiger charge is -2.26. The molecule has 0 unspecified atom stereocenters. The number of nitrogens with two attached hydrogens (primary N) is 3. The largest absolute Gasteiger partial charge is 0.490 e. The second-order valence-electron chi connectivity index (χ2n) is 19.9. The number of carboxylic acids is 2. The lowest BCUT2D eigenvalue weighted by Crippen LogP contribution is -2.53. The van der Waals surface area contributed by atoms with E-state index in [-0.39, 0.29) is 29.0 Å². The molecule has 484 valence electrons. The molecule has 0 saturated carbocycles. The van der Waals surface area contributed by atoms with Crippen LogP contribution in [0, 0.1) is 5.92 Å². The van der Waals surface area contributed by atoms with Gasteiger partial charge in [0.05, 0.1) is 72.0 Å². The molecule has 3 heterocycles. The maximum absolute atomic E-state index is 12.6. The van der Waals surface area contributed by atoms with Crippen molar-refractivity contribution in [3.8, 4) is 23.0 Å². The molecule has 0 aliphatic carbocycles. The third-order valence-electron chi connectivity index (χ3n) is 13.3. The Morgan fingerprint density at radius 2 is 0.989 bits per heavy atom. The summed E-state index contributed by atoms with van der Waals surface area (Å²) in [5.41, 5.74) is 26.1. The predicted octanol–water partition coefficient (Wildman–Crippen LogP) is 9.50. The van der Waals surface area contributed by atoms with Crippen LogP contribution in [0.4, 0.5) is 49.1 Å². The highest BCUT2D eigenvalue weighted by Gasteiger charge is 2.39. The molecular formula is C61H76F6N10O12. The number of rotatable bonds is 25. The Labute approximate surface area is 510 Å². The van der Waals surface area contributed by atoms with Gasteiger partial charge in [0.25, 0.3) is 11.8 Å². The van der Waals surface area contributed by atoms with Gasteiger partial charge in [-0.05, 0) is 119 Å². The second-order valence-corrected chi connectivity index (χ2v) is 19.9. The summed E-state index contributed by atoms with van der Waals surface area (Å²) in [7, 11) is 0. The number of pyridine rings is 2. The molecule has 2 atom stereocenters. The molecule has 2 aromatic heterocycles. The maximum atomic E-state index is 12.6. The van der Waals surface area contributed by atoms with Crippen LogP contribution in [0.2, 0.25) is 0 Å². The van der Waals surface area contributed by atoms with E-state index in [0.29, 0.717) is 114 Å². The summed E-state index contributed by atoms with van der Waals surface area (Å²) >= 11 is 0. The Morgan fingerprint density at radius 1 is 0.618 bits per heavy atom. The van der Waals surface area contributed by atoms with Crippen LogP contribution in [0.25, 0.3) is 21.8 Å². The Balaban J connectivity index is 0.000000313. The molecule has 22 nitrogen and oxygen atoms in total. The van der Waals surface area contributed by atoms with Gasteiger partial charge in [-0.2, -0.15) is 26.3 Å². The zero-order valence-electron chi connectivity index (χ0n) is 50.5. The number of ether oxygens (including phenoxy) is 4. The van der Waals surface area contributed by atoms with E-state index in [1.54, 1.807) is 12.1 Å². The molecule has 4 amide bonds. The Bertz CT molecular complexity index is 3410. The number of hydrogen-bond donors (Lipinski definition) is 10. The number of primary amides is 2.